The molecule has 0 unspecified atom stereocenters. The van der Waals surface area contributed by atoms with Gasteiger partial charge in [0.2, 0.25) is 5.91 Å². The molecule has 0 spiro atoms. The molecule has 0 aromatic heterocycles. The molecule has 6 nitrogen and oxygen atoms in total. The Morgan fingerprint density at radius 1 is 1.33 bits per heavy atom. The van der Waals surface area contributed by atoms with Gasteiger partial charge < -0.3 is 21.1 Å². The third-order valence-electron chi connectivity index (χ3n) is 0.156. The molecule has 0 atom stereocenters. The molecular formula is C3H7NO5. The molecule has 0 aromatic carbocycles. The maximum atomic E-state index is 9.34. The minimum atomic E-state index is -1.83. The van der Waals surface area contributed by atoms with Gasteiger partial charge in [0.25, 0.3) is 0 Å². The zero-order chi connectivity index (χ0) is 7.86. The molecule has 1 amide bonds. The van der Waals surface area contributed by atoms with Crippen molar-refractivity contribution in [3.05, 3.63) is 0 Å². The highest BCUT2D eigenvalue weighted by molar-refractivity contribution is 5.74. The maximum Gasteiger partial charge on any atom is 0.503 e. The van der Waals surface area contributed by atoms with Gasteiger partial charge in [-0.2, -0.15) is 0 Å². The molecule has 0 aromatic rings. The van der Waals surface area contributed by atoms with Crippen LogP contribution in [0.2, 0.25) is 0 Å². The predicted octanol–water partition coefficient (Wildman–Crippen LogP) is -1.31. The van der Waals surface area contributed by atoms with Gasteiger partial charge in [-0.3, -0.25) is 4.79 Å². The Bertz CT molecular complexity index is 96.4. The summed E-state index contributed by atoms with van der Waals surface area (Å²) in [6.07, 6.45) is -1.83. The molecule has 0 radical (unpaired) electrons. The van der Waals surface area contributed by atoms with Crippen molar-refractivity contribution in [1.29, 1.82) is 0 Å². The van der Waals surface area contributed by atoms with Crippen molar-refractivity contribution in [3.8, 4) is 0 Å². The lowest BCUT2D eigenvalue weighted by atomic mass is 10.7. The van der Waals surface area contributed by atoms with Gasteiger partial charge in [-0.05, 0) is 0 Å². The first kappa shape index (κ1) is 10.6. The largest absolute Gasteiger partial charge is 0.503 e. The number of hydrogen-bond acceptors (Lipinski definition) is 3. The number of carbonyl (C=O) groups is 2. The number of hydrogen-bond donors (Lipinski definition) is 4. The average Bonchev–Trinajstić information content (AvgIpc) is 1.65. The van der Waals surface area contributed by atoms with E-state index in [4.69, 9.17) is 20.1 Å². The van der Waals surface area contributed by atoms with Crippen LogP contribution in [0.3, 0.4) is 0 Å². The minimum Gasteiger partial charge on any atom is -0.450 e. The van der Waals surface area contributed by atoms with Crippen LogP contribution in [0.1, 0.15) is 0 Å². The lowest BCUT2D eigenvalue weighted by Crippen LogP contribution is -2.14. The number of primary amides is 1. The fraction of sp³-hybridized carbons (Fsp3) is 0.333. The average molecular weight is 137 g/mol. The molecule has 54 valence electrons. The SMILES string of the molecule is NC(=O)CO.O=C(O)O. The fourth-order valence-electron chi connectivity index (χ4n) is 0. The van der Waals surface area contributed by atoms with Gasteiger partial charge in [0.05, 0.1) is 0 Å². The van der Waals surface area contributed by atoms with Crippen molar-refractivity contribution < 1.29 is 24.9 Å². The summed E-state index contributed by atoms with van der Waals surface area (Å²) in [5, 5.41) is 21.6. The number of aliphatic hydroxyl groups is 1. The first-order valence-corrected chi connectivity index (χ1v) is 1.81. The monoisotopic (exact) mass is 137 g/mol. The summed E-state index contributed by atoms with van der Waals surface area (Å²) in [5.74, 6) is -0.690. The first-order valence-electron chi connectivity index (χ1n) is 1.81. The third-order valence-corrected chi connectivity index (χ3v) is 0.156. The molecule has 0 bridgehead atoms. The summed E-state index contributed by atoms with van der Waals surface area (Å²) >= 11 is 0. The Morgan fingerprint density at radius 2 is 1.44 bits per heavy atom. The molecule has 0 saturated carbocycles. The van der Waals surface area contributed by atoms with E-state index in [0.717, 1.165) is 0 Å². The first-order chi connectivity index (χ1) is 4.00. The van der Waals surface area contributed by atoms with Crippen LogP contribution in [0, 0.1) is 0 Å². The van der Waals surface area contributed by atoms with E-state index < -0.39 is 18.7 Å². The number of nitrogens with two attached hydrogens (primary N) is 1. The van der Waals surface area contributed by atoms with E-state index >= 15 is 0 Å². The smallest absolute Gasteiger partial charge is 0.450 e. The van der Waals surface area contributed by atoms with Crippen LogP contribution in [-0.4, -0.2) is 34.0 Å². The summed E-state index contributed by atoms with van der Waals surface area (Å²) in [5.41, 5.74) is 4.40. The van der Waals surface area contributed by atoms with E-state index in [1.807, 2.05) is 0 Å². The number of rotatable bonds is 1. The second-order valence-corrected chi connectivity index (χ2v) is 0.907. The molecule has 0 saturated heterocycles. The van der Waals surface area contributed by atoms with Crippen molar-refractivity contribution in [1.82, 2.24) is 0 Å². The standard InChI is InChI=1S/C2H5NO2.CH2O3/c3-2(5)1-4;2-1(3)4/h4H,1H2,(H2,3,5);(H2,2,3,4). The summed E-state index contributed by atoms with van der Waals surface area (Å²) in [4.78, 5) is 17.9. The van der Waals surface area contributed by atoms with Crippen LogP contribution >= 0.6 is 0 Å². The van der Waals surface area contributed by atoms with Crippen LogP contribution in [0.5, 0.6) is 0 Å². The van der Waals surface area contributed by atoms with E-state index in [-0.39, 0.29) is 0 Å². The zero-order valence-corrected chi connectivity index (χ0v) is 4.44. The molecule has 0 fully saturated rings. The molecule has 0 rings (SSSR count). The maximum absolute atomic E-state index is 9.34. The molecule has 0 aliphatic rings. The summed E-state index contributed by atoms with van der Waals surface area (Å²) in [6, 6.07) is 0. The normalized spacial score (nSPS) is 6.78. The predicted molar refractivity (Wildman–Crippen MR) is 26.9 cm³/mol. The Hall–Kier alpha value is -1.30. The van der Waals surface area contributed by atoms with E-state index in [2.05, 4.69) is 5.73 Å². The molecule has 0 heterocycles. The van der Waals surface area contributed by atoms with Crippen LogP contribution in [-0.2, 0) is 4.79 Å². The highest BCUT2D eigenvalue weighted by Gasteiger charge is 1.78. The third kappa shape index (κ3) is 302. The molecule has 5 N–H and O–H groups in total. The molecule has 0 aliphatic carbocycles. The van der Waals surface area contributed by atoms with Crippen molar-refractivity contribution in [2.75, 3.05) is 6.61 Å². The second kappa shape index (κ2) is 6.70. The highest BCUT2D eigenvalue weighted by atomic mass is 16.6. The van der Waals surface area contributed by atoms with E-state index in [0.29, 0.717) is 0 Å². The van der Waals surface area contributed by atoms with Gasteiger partial charge in [-0.15, -0.1) is 0 Å². The van der Waals surface area contributed by atoms with E-state index in [9.17, 15) is 4.79 Å². The van der Waals surface area contributed by atoms with E-state index in [1.165, 1.54) is 0 Å². The minimum absolute atomic E-state index is 0.556. The molecular weight excluding hydrogens is 130 g/mol. The lowest BCUT2D eigenvalue weighted by molar-refractivity contribution is -0.120. The number of carboxylic acid groups (broad SMARTS) is 2. The van der Waals surface area contributed by atoms with Crippen LogP contribution < -0.4 is 5.73 Å². The fourth-order valence-corrected chi connectivity index (χ4v) is 0. The Labute approximate surface area is 50.5 Å². The summed E-state index contributed by atoms with van der Waals surface area (Å²) in [6.45, 7) is -0.556. The summed E-state index contributed by atoms with van der Waals surface area (Å²) < 4.78 is 0. The zero-order valence-electron chi connectivity index (χ0n) is 4.44. The number of amides is 1. The second-order valence-electron chi connectivity index (χ2n) is 0.907. The van der Waals surface area contributed by atoms with Gasteiger partial charge in [0, 0.05) is 0 Å². The Morgan fingerprint density at radius 3 is 1.44 bits per heavy atom. The topological polar surface area (TPSA) is 121 Å². The van der Waals surface area contributed by atoms with Gasteiger partial charge in [0.1, 0.15) is 6.61 Å². The lowest BCUT2D eigenvalue weighted by Gasteiger charge is -1.73. The highest BCUT2D eigenvalue weighted by Crippen LogP contribution is 1.43. The van der Waals surface area contributed by atoms with Crippen LogP contribution in [0.15, 0.2) is 0 Å². The molecule has 0 aliphatic heterocycles. The summed E-state index contributed by atoms with van der Waals surface area (Å²) in [7, 11) is 0. The Balaban J connectivity index is 0. The van der Waals surface area contributed by atoms with Crippen LogP contribution in [0.4, 0.5) is 4.79 Å². The van der Waals surface area contributed by atoms with Gasteiger partial charge >= 0.3 is 6.16 Å². The molecule has 9 heavy (non-hydrogen) atoms. The van der Waals surface area contributed by atoms with Gasteiger partial charge in [-0.1, -0.05) is 0 Å². The van der Waals surface area contributed by atoms with Crippen molar-refractivity contribution in [2.45, 2.75) is 0 Å². The number of aliphatic hydroxyl groups excluding tert-OH is 1. The van der Waals surface area contributed by atoms with Gasteiger partial charge in [0.15, 0.2) is 0 Å². The quantitative estimate of drug-likeness (QED) is 0.357. The van der Waals surface area contributed by atoms with Crippen molar-refractivity contribution in [3.63, 3.8) is 0 Å². The van der Waals surface area contributed by atoms with Crippen molar-refractivity contribution in [2.24, 2.45) is 5.73 Å². The molecule has 6 heteroatoms. The van der Waals surface area contributed by atoms with E-state index in [1.54, 1.807) is 0 Å². The van der Waals surface area contributed by atoms with Crippen molar-refractivity contribution >= 4 is 12.1 Å². The van der Waals surface area contributed by atoms with Gasteiger partial charge in [-0.25, -0.2) is 4.79 Å². The number of carbonyl (C=O) groups excluding carboxylic acids is 1. The van der Waals surface area contributed by atoms with Crippen LogP contribution in [0.25, 0.3) is 0 Å². The Kier molecular flexibility index (Phi) is 7.92.